The van der Waals surface area contributed by atoms with E-state index in [1.807, 2.05) is 12.1 Å². The molecule has 8 atom stereocenters. The largest absolute Gasteiger partial charge is 0.469 e. The average molecular weight is 547 g/mol. The number of piperidine rings is 2. The van der Waals surface area contributed by atoms with E-state index in [-0.39, 0.29) is 23.8 Å². The molecule has 6 rings (SSSR count). The highest BCUT2D eigenvalue weighted by atomic mass is 16.5. The molecule has 4 saturated heterocycles. The second-order valence-corrected chi connectivity index (χ2v) is 12.4. The van der Waals surface area contributed by atoms with Gasteiger partial charge in [-0.3, -0.25) is 19.4 Å². The van der Waals surface area contributed by atoms with Crippen molar-refractivity contribution in [1.29, 1.82) is 0 Å². The Bertz CT molecular complexity index is 1040. The minimum atomic E-state index is -0.0249. The van der Waals surface area contributed by atoms with Gasteiger partial charge in [-0.05, 0) is 88.4 Å². The van der Waals surface area contributed by atoms with Crippen LogP contribution in [0.4, 0.5) is 0 Å². The van der Waals surface area contributed by atoms with Crippen LogP contribution in [0.5, 0.6) is 0 Å². The highest BCUT2D eigenvalue weighted by molar-refractivity contribution is 5.74. The molecule has 8 unspecified atom stereocenters. The average Bonchev–Trinajstić information content (AvgIpc) is 3.35. The zero-order chi connectivity index (χ0) is 28.2. The summed E-state index contributed by atoms with van der Waals surface area (Å²) in [6.45, 7) is 0. The Hall–Kier alpha value is -2.70. The summed E-state index contributed by atoms with van der Waals surface area (Å²) in [6.07, 6.45) is 8.91. The molecular formula is C34H46N2O4. The van der Waals surface area contributed by atoms with Crippen LogP contribution in [0.25, 0.3) is 0 Å². The number of carbonyl (C=O) groups is 2. The normalized spacial score (nSPS) is 33.1. The van der Waals surface area contributed by atoms with E-state index in [1.54, 1.807) is 0 Å². The molecule has 0 N–H and O–H groups in total. The smallest absolute Gasteiger partial charge is 0.310 e. The third kappa shape index (κ3) is 5.99. The van der Waals surface area contributed by atoms with E-state index in [0.717, 1.165) is 38.5 Å². The van der Waals surface area contributed by atoms with E-state index < -0.39 is 0 Å². The van der Waals surface area contributed by atoms with Crippen molar-refractivity contribution >= 4 is 11.9 Å². The Morgan fingerprint density at radius 2 is 1.02 bits per heavy atom. The molecule has 0 amide bonds. The number of esters is 2. The molecule has 0 aromatic heterocycles. The van der Waals surface area contributed by atoms with Crippen molar-refractivity contribution in [3.8, 4) is 0 Å². The SMILES string of the molecule is COC(=O)C1C(Cc2ccccc2)CC2CCC1N2C.COC(=O)C1C(Cc2ccccc2)CC2CCC1N2C. The van der Waals surface area contributed by atoms with E-state index in [4.69, 9.17) is 9.47 Å². The number of fused-ring (bicyclic) bond motifs is 4. The number of hydrogen-bond donors (Lipinski definition) is 0. The van der Waals surface area contributed by atoms with Crippen molar-refractivity contribution in [3.05, 3.63) is 71.8 Å². The lowest BCUT2D eigenvalue weighted by molar-refractivity contribution is -0.153. The van der Waals surface area contributed by atoms with Gasteiger partial charge in [-0.2, -0.15) is 0 Å². The molecule has 2 aromatic carbocycles. The van der Waals surface area contributed by atoms with Gasteiger partial charge in [0.15, 0.2) is 0 Å². The van der Waals surface area contributed by atoms with Crippen molar-refractivity contribution in [2.75, 3.05) is 28.3 Å². The van der Waals surface area contributed by atoms with Gasteiger partial charge in [0.2, 0.25) is 0 Å². The van der Waals surface area contributed by atoms with Crippen molar-refractivity contribution in [2.45, 2.75) is 75.5 Å². The third-order valence-electron chi connectivity index (χ3n) is 10.4. The Kier molecular flexibility index (Phi) is 9.27. The minimum Gasteiger partial charge on any atom is -0.469 e. The summed E-state index contributed by atoms with van der Waals surface area (Å²) in [4.78, 5) is 29.3. The fraction of sp³-hybridized carbons (Fsp3) is 0.588. The molecule has 0 radical (unpaired) electrons. The molecule has 4 heterocycles. The molecule has 40 heavy (non-hydrogen) atoms. The number of ether oxygens (including phenoxy) is 2. The van der Waals surface area contributed by atoms with Crippen molar-refractivity contribution in [3.63, 3.8) is 0 Å². The highest BCUT2D eigenvalue weighted by Gasteiger charge is 2.50. The first kappa shape index (κ1) is 28.8. The summed E-state index contributed by atoms with van der Waals surface area (Å²) < 4.78 is 10.2. The molecule has 2 aromatic rings. The zero-order valence-corrected chi connectivity index (χ0v) is 24.6. The standard InChI is InChI=1S/2C17H23NO2/c2*1-18-14-8-9-15(18)16(17(19)20-2)13(11-14)10-12-6-4-3-5-7-12/h2*3-7,13-16H,8-11H2,1-2H3. The molecule has 4 aliphatic rings. The topological polar surface area (TPSA) is 59.1 Å². The Morgan fingerprint density at radius 1 is 0.650 bits per heavy atom. The second kappa shape index (κ2) is 12.9. The van der Waals surface area contributed by atoms with Gasteiger partial charge in [-0.15, -0.1) is 0 Å². The summed E-state index contributed by atoms with van der Waals surface area (Å²) in [6, 6.07) is 23.1. The predicted molar refractivity (Wildman–Crippen MR) is 157 cm³/mol. The van der Waals surface area contributed by atoms with E-state index in [9.17, 15) is 9.59 Å². The quantitative estimate of drug-likeness (QED) is 0.475. The van der Waals surface area contributed by atoms with Crippen LogP contribution in [0, 0.1) is 23.7 Å². The van der Waals surface area contributed by atoms with Crippen molar-refractivity contribution < 1.29 is 19.1 Å². The van der Waals surface area contributed by atoms with E-state index in [1.165, 1.54) is 38.2 Å². The number of carbonyl (C=O) groups excluding carboxylic acids is 2. The molecule has 4 fully saturated rings. The first-order valence-corrected chi connectivity index (χ1v) is 15.1. The maximum atomic E-state index is 12.3. The molecule has 0 spiro atoms. The fourth-order valence-electron chi connectivity index (χ4n) is 8.36. The van der Waals surface area contributed by atoms with Gasteiger partial charge in [0.05, 0.1) is 26.1 Å². The summed E-state index contributed by atoms with van der Waals surface area (Å²) in [5, 5.41) is 0. The zero-order valence-electron chi connectivity index (χ0n) is 24.6. The maximum Gasteiger partial charge on any atom is 0.310 e. The van der Waals surface area contributed by atoms with Gasteiger partial charge in [0, 0.05) is 24.2 Å². The highest BCUT2D eigenvalue weighted by Crippen LogP contribution is 2.44. The lowest BCUT2D eigenvalue weighted by Crippen LogP contribution is -2.50. The van der Waals surface area contributed by atoms with Gasteiger partial charge in [0.1, 0.15) is 0 Å². The summed E-state index contributed by atoms with van der Waals surface area (Å²) in [7, 11) is 7.36. The number of methoxy groups -OCH3 is 2. The van der Waals surface area contributed by atoms with E-state index in [2.05, 4.69) is 72.4 Å². The van der Waals surface area contributed by atoms with Gasteiger partial charge < -0.3 is 9.47 Å². The molecular weight excluding hydrogens is 500 g/mol. The van der Waals surface area contributed by atoms with E-state index in [0.29, 0.717) is 36.0 Å². The molecule has 216 valence electrons. The van der Waals surface area contributed by atoms with Crippen LogP contribution in [-0.2, 0) is 31.9 Å². The van der Waals surface area contributed by atoms with Crippen LogP contribution < -0.4 is 0 Å². The number of nitrogens with zero attached hydrogens (tertiary/aromatic N) is 2. The van der Waals surface area contributed by atoms with Crippen LogP contribution in [0.15, 0.2) is 60.7 Å². The minimum absolute atomic E-state index is 0.0249. The first-order chi connectivity index (χ1) is 19.4. The van der Waals surface area contributed by atoms with Crippen LogP contribution >= 0.6 is 0 Å². The first-order valence-electron chi connectivity index (χ1n) is 15.1. The summed E-state index contributed by atoms with van der Waals surface area (Å²) in [5.41, 5.74) is 2.66. The molecule has 0 aliphatic carbocycles. The van der Waals surface area contributed by atoms with Gasteiger partial charge >= 0.3 is 11.9 Å². The van der Waals surface area contributed by atoms with Crippen LogP contribution in [0.3, 0.4) is 0 Å². The number of rotatable bonds is 6. The Balaban J connectivity index is 0.000000161. The Morgan fingerprint density at radius 3 is 1.38 bits per heavy atom. The maximum absolute atomic E-state index is 12.3. The molecule has 4 aliphatic heterocycles. The fourth-order valence-corrected chi connectivity index (χ4v) is 8.36. The lowest BCUT2D eigenvalue weighted by Gasteiger charge is -2.41. The van der Waals surface area contributed by atoms with Gasteiger partial charge in [-0.1, -0.05) is 60.7 Å². The molecule has 6 nitrogen and oxygen atoms in total. The second-order valence-electron chi connectivity index (χ2n) is 12.4. The lowest BCUT2D eigenvalue weighted by atomic mass is 9.77. The van der Waals surface area contributed by atoms with Crippen LogP contribution in [-0.4, -0.2) is 74.2 Å². The summed E-state index contributed by atoms with van der Waals surface area (Å²) >= 11 is 0. The third-order valence-corrected chi connectivity index (χ3v) is 10.4. The van der Waals surface area contributed by atoms with Crippen molar-refractivity contribution in [2.24, 2.45) is 23.7 Å². The molecule has 0 saturated carbocycles. The van der Waals surface area contributed by atoms with Gasteiger partial charge in [0.25, 0.3) is 0 Å². The van der Waals surface area contributed by atoms with Crippen LogP contribution in [0.2, 0.25) is 0 Å². The summed E-state index contributed by atoms with van der Waals surface area (Å²) in [5.74, 6) is 0.844. The molecule has 4 bridgehead atoms. The number of hydrogen-bond acceptors (Lipinski definition) is 6. The van der Waals surface area contributed by atoms with E-state index >= 15 is 0 Å². The van der Waals surface area contributed by atoms with Gasteiger partial charge in [-0.25, -0.2) is 0 Å². The Labute approximate surface area is 240 Å². The molecule has 6 heteroatoms. The monoisotopic (exact) mass is 546 g/mol. The van der Waals surface area contributed by atoms with Crippen LogP contribution in [0.1, 0.15) is 49.7 Å². The predicted octanol–water partition coefficient (Wildman–Crippen LogP) is 5.00. The number of benzene rings is 2. The van der Waals surface area contributed by atoms with Crippen molar-refractivity contribution in [1.82, 2.24) is 9.80 Å².